The quantitative estimate of drug-likeness (QED) is 0.883. The van der Waals surface area contributed by atoms with Crippen LogP contribution in [0, 0.1) is 5.41 Å². The molecule has 0 saturated heterocycles. The Balaban J connectivity index is 1.96. The largest absolute Gasteiger partial charge is 0.393 e. The third-order valence-corrected chi connectivity index (χ3v) is 5.33. The first-order chi connectivity index (χ1) is 9.12. The topological polar surface area (TPSA) is 38.0 Å². The lowest BCUT2D eigenvalue weighted by atomic mass is 9.68. The first-order valence-electron chi connectivity index (χ1n) is 7.83. The van der Waals surface area contributed by atoms with Gasteiger partial charge >= 0.3 is 0 Å². The molecule has 0 radical (unpaired) electrons. The molecule has 0 bridgehead atoms. The highest BCUT2D eigenvalue weighted by atomic mass is 16.3. The van der Waals surface area contributed by atoms with Gasteiger partial charge in [0.2, 0.25) is 0 Å². The molecule has 0 aliphatic heterocycles. The summed E-state index contributed by atoms with van der Waals surface area (Å²) in [4.78, 5) is 4.55. The molecule has 0 amide bonds. The molecule has 2 fully saturated rings. The number of hydrogen-bond acceptors (Lipinski definition) is 2. The lowest BCUT2D eigenvalue weighted by molar-refractivity contribution is 0.0161. The normalized spacial score (nSPS) is 30.3. The maximum atomic E-state index is 10.1. The van der Waals surface area contributed by atoms with Crippen molar-refractivity contribution in [3.05, 3.63) is 18.2 Å². The van der Waals surface area contributed by atoms with E-state index < -0.39 is 0 Å². The summed E-state index contributed by atoms with van der Waals surface area (Å²) in [5, 5.41) is 10.1. The number of aliphatic hydroxyl groups is 1. The Kier molecular flexibility index (Phi) is 3.42. The smallest absolute Gasteiger partial charge is 0.111 e. The second kappa shape index (κ2) is 4.93. The molecule has 2 aliphatic rings. The molecule has 3 rings (SSSR count). The monoisotopic (exact) mass is 262 g/mol. The lowest BCUT2D eigenvalue weighted by Crippen LogP contribution is -2.38. The zero-order valence-corrected chi connectivity index (χ0v) is 12.2. The minimum Gasteiger partial charge on any atom is -0.393 e. The molecular weight excluding hydrogens is 236 g/mol. The molecule has 2 saturated carbocycles. The predicted molar refractivity (Wildman–Crippen MR) is 76.1 cm³/mol. The standard InChI is InChI=1S/C16H26N2O/c1-12(2)15-17-9-10-18(15)14-11-13(19)5-8-16(14)6-3-4-7-16/h9-10,12-14,19H,3-8,11H2,1-2H3. The van der Waals surface area contributed by atoms with Crippen LogP contribution in [0.3, 0.4) is 0 Å². The molecule has 3 heteroatoms. The molecule has 1 N–H and O–H groups in total. The van der Waals surface area contributed by atoms with E-state index in [1.807, 2.05) is 6.20 Å². The molecule has 1 heterocycles. The molecule has 2 unspecified atom stereocenters. The van der Waals surface area contributed by atoms with Crippen molar-refractivity contribution in [2.75, 3.05) is 0 Å². The van der Waals surface area contributed by atoms with Crippen molar-refractivity contribution in [3.8, 4) is 0 Å². The second-order valence-electron chi connectivity index (χ2n) is 6.86. The molecule has 1 aromatic heterocycles. The van der Waals surface area contributed by atoms with Crippen LogP contribution in [0.2, 0.25) is 0 Å². The minimum absolute atomic E-state index is 0.126. The van der Waals surface area contributed by atoms with Gasteiger partial charge in [0.1, 0.15) is 5.82 Å². The van der Waals surface area contributed by atoms with E-state index in [4.69, 9.17) is 0 Å². The summed E-state index contributed by atoms with van der Waals surface area (Å²) in [6, 6.07) is 0.457. The minimum atomic E-state index is -0.126. The summed E-state index contributed by atoms with van der Waals surface area (Å²) in [5.41, 5.74) is 0.434. The Labute approximate surface area is 116 Å². The molecule has 2 aliphatic carbocycles. The third kappa shape index (κ3) is 2.22. The number of aromatic nitrogens is 2. The van der Waals surface area contributed by atoms with Gasteiger partial charge in [-0.15, -0.1) is 0 Å². The Hall–Kier alpha value is -0.830. The van der Waals surface area contributed by atoms with E-state index in [2.05, 4.69) is 29.6 Å². The second-order valence-corrected chi connectivity index (χ2v) is 6.86. The van der Waals surface area contributed by atoms with E-state index in [0.29, 0.717) is 17.4 Å². The van der Waals surface area contributed by atoms with E-state index >= 15 is 0 Å². The lowest BCUT2D eigenvalue weighted by Gasteiger charge is -2.44. The predicted octanol–water partition coefficient (Wildman–Crippen LogP) is 3.65. The molecular formula is C16H26N2O. The first kappa shape index (κ1) is 13.2. The Morgan fingerprint density at radius 2 is 2.05 bits per heavy atom. The maximum absolute atomic E-state index is 10.1. The van der Waals surface area contributed by atoms with Crippen LogP contribution >= 0.6 is 0 Å². The Morgan fingerprint density at radius 1 is 1.32 bits per heavy atom. The van der Waals surface area contributed by atoms with Gasteiger partial charge in [-0.05, 0) is 37.5 Å². The van der Waals surface area contributed by atoms with E-state index in [0.717, 1.165) is 12.8 Å². The Morgan fingerprint density at radius 3 is 2.74 bits per heavy atom. The molecule has 3 nitrogen and oxygen atoms in total. The summed E-state index contributed by atoms with van der Waals surface area (Å²) in [5.74, 6) is 1.64. The van der Waals surface area contributed by atoms with Gasteiger partial charge < -0.3 is 9.67 Å². The summed E-state index contributed by atoms with van der Waals surface area (Å²) in [6.45, 7) is 4.42. The number of hydrogen-bond donors (Lipinski definition) is 1. The van der Waals surface area contributed by atoms with Crippen LogP contribution in [0.5, 0.6) is 0 Å². The molecule has 0 aromatic carbocycles. The highest BCUT2D eigenvalue weighted by molar-refractivity contribution is 5.06. The summed E-state index contributed by atoms with van der Waals surface area (Å²) >= 11 is 0. The van der Waals surface area contributed by atoms with Gasteiger partial charge in [-0.3, -0.25) is 0 Å². The number of rotatable bonds is 2. The van der Waals surface area contributed by atoms with Crippen LogP contribution in [0.1, 0.15) is 76.6 Å². The van der Waals surface area contributed by atoms with Crippen molar-refractivity contribution in [1.82, 2.24) is 9.55 Å². The van der Waals surface area contributed by atoms with Crippen LogP contribution < -0.4 is 0 Å². The fraction of sp³-hybridized carbons (Fsp3) is 0.812. The number of nitrogens with zero attached hydrogens (tertiary/aromatic N) is 2. The van der Waals surface area contributed by atoms with Gasteiger partial charge in [0, 0.05) is 24.4 Å². The Bertz CT molecular complexity index is 432. The zero-order valence-electron chi connectivity index (χ0n) is 12.2. The molecule has 2 atom stereocenters. The van der Waals surface area contributed by atoms with Crippen LogP contribution in [-0.2, 0) is 0 Å². The molecule has 19 heavy (non-hydrogen) atoms. The van der Waals surface area contributed by atoms with Gasteiger partial charge in [-0.2, -0.15) is 0 Å². The highest BCUT2D eigenvalue weighted by Gasteiger charge is 2.46. The van der Waals surface area contributed by atoms with Crippen LogP contribution in [-0.4, -0.2) is 20.8 Å². The molecule has 1 aromatic rings. The number of imidazole rings is 1. The van der Waals surface area contributed by atoms with Gasteiger partial charge in [0.05, 0.1) is 6.10 Å². The van der Waals surface area contributed by atoms with Crippen molar-refractivity contribution in [1.29, 1.82) is 0 Å². The van der Waals surface area contributed by atoms with Crippen molar-refractivity contribution < 1.29 is 5.11 Å². The summed E-state index contributed by atoms with van der Waals surface area (Å²) in [6.07, 6.45) is 12.4. The van der Waals surface area contributed by atoms with Gasteiger partial charge in [-0.1, -0.05) is 26.7 Å². The average Bonchev–Trinajstić information content (AvgIpc) is 3.03. The van der Waals surface area contributed by atoms with Gasteiger partial charge in [0.25, 0.3) is 0 Å². The van der Waals surface area contributed by atoms with Crippen molar-refractivity contribution in [3.63, 3.8) is 0 Å². The van der Waals surface area contributed by atoms with Gasteiger partial charge in [0.15, 0.2) is 0 Å². The maximum Gasteiger partial charge on any atom is 0.111 e. The van der Waals surface area contributed by atoms with E-state index in [9.17, 15) is 5.11 Å². The van der Waals surface area contributed by atoms with Crippen molar-refractivity contribution >= 4 is 0 Å². The van der Waals surface area contributed by atoms with Crippen LogP contribution in [0.15, 0.2) is 12.4 Å². The summed E-state index contributed by atoms with van der Waals surface area (Å²) < 4.78 is 2.39. The fourth-order valence-corrected chi connectivity index (χ4v) is 4.35. The van der Waals surface area contributed by atoms with Crippen molar-refractivity contribution in [2.24, 2.45) is 5.41 Å². The average molecular weight is 262 g/mol. The van der Waals surface area contributed by atoms with Crippen molar-refractivity contribution in [2.45, 2.75) is 76.9 Å². The van der Waals surface area contributed by atoms with Crippen LogP contribution in [0.4, 0.5) is 0 Å². The fourth-order valence-electron chi connectivity index (χ4n) is 4.35. The van der Waals surface area contributed by atoms with Gasteiger partial charge in [-0.25, -0.2) is 4.98 Å². The zero-order chi connectivity index (χ0) is 13.5. The summed E-state index contributed by atoms with van der Waals surface area (Å²) in [7, 11) is 0. The third-order valence-electron chi connectivity index (χ3n) is 5.33. The SMILES string of the molecule is CC(C)c1nccn1C1CC(O)CCC12CCCC2. The highest BCUT2D eigenvalue weighted by Crippen LogP contribution is 2.55. The van der Waals surface area contributed by atoms with E-state index in [1.54, 1.807) is 0 Å². The number of aliphatic hydroxyl groups excluding tert-OH is 1. The van der Waals surface area contributed by atoms with E-state index in [-0.39, 0.29) is 6.10 Å². The molecule has 106 valence electrons. The van der Waals surface area contributed by atoms with Crippen LogP contribution in [0.25, 0.3) is 0 Å². The molecule has 1 spiro atoms. The van der Waals surface area contributed by atoms with E-state index in [1.165, 1.54) is 37.9 Å². The first-order valence-corrected chi connectivity index (χ1v) is 7.83.